The van der Waals surface area contributed by atoms with Gasteiger partial charge in [-0.25, -0.2) is 14.8 Å². The summed E-state index contributed by atoms with van der Waals surface area (Å²) in [7, 11) is 0. The zero-order valence-corrected chi connectivity index (χ0v) is 17.4. The van der Waals surface area contributed by atoms with Gasteiger partial charge in [0.05, 0.1) is 6.54 Å². The van der Waals surface area contributed by atoms with Gasteiger partial charge in [-0.1, -0.05) is 0 Å². The Morgan fingerprint density at radius 3 is 2.33 bits per heavy atom. The van der Waals surface area contributed by atoms with Crippen molar-refractivity contribution >= 4 is 41.2 Å². The number of rotatable bonds is 6. The number of anilines is 1. The SMILES string of the molecule is CSc1ncnc(SC)c1NC(=O)c1ccc(CNC(=O)OC(C)(C)C)o1. The van der Waals surface area contributed by atoms with Gasteiger partial charge in [0, 0.05) is 0 Å². The van der Waals surface area contributed by atoms with Gasteiger partial charge in [-0.3, -0.25) is 4.79 Å². The average Bonchev–Trinajstić information content (AvgIpc) is 3.07. The van der Waals surface area contributed by atoms with Gasteiger partial charge in [0.25, 0.3) is 5.91 Å². The van der Waals surface area contributed by atoms with Crippen LogP contribution in [0.2, 0.25) is 0 Å². The second kappa shape index (κ2) is 9.14. The first-order valence-electron chi connectivity index (χ1n) is 8.03. The quantitative estimate of drug-likeness (QED) is 0.547. The second-order valence-corrected chi connectivity index (χ2v) is 7.93. The largest absolute Gasteiger partial charge is 0.454 e. The first kappa shape index (κ1) is 21.1. The molecule has 0 atom stereocenters. The Morgan fingerprint density at radius 1 is 1.15 bits per heavy atom. The van der Waals surface area contributed by atoms with Crippen LogP contribution in [0.5, 0.6) is 0 Å². The number of amides is 2. The molecule has 27 heavy (non-hydrogen) atoms. The molecule has 8 nitrogen and oxygen atoms in total. The summed E-state index contributed by atoms with van der Waals surface area (Å²) in [5.74, 6) is 0.142. The van der Waals surface area contributed by atoms with Crippen molar-refractivity contribution < 1.29 is 18.7 Å². The van der Waals surface area contributed by atoms with Crippen molar-refractivity contribution in [3.05, 3.63) is 30.0 Å². The zero-order chi connectivity index (χ0) is 20.0. The molecule has 2 heterocycles. The number of hydrogen-bond donors (Lipinski definition) is 2. The molecule has 2 aromatic rings. The van der Waals surface area contributed by atoms with Crippen LogP contribution in [-0.2, 0) is 11.3 Å². The lowest BCUT2D eigenvalue weighted by molar-refractivity contribution is 0.0520. The van der Waals surface area contributed by atoms with Gasteiger partial charge in [0.15, 0.2) is 5.76 Å². The Morgan fingerprint density at radius 2 is 1.78 bits per heavy atom. The number of carbonyl (C=O) groups excluding carboxylic acids is 2. The number of nitrogens with zero attached hydrogens (tertiary/aromatic N) is 2. The molecule has 2 N–H and O–H groups in total. The standard InChI is InChI=1S/C17H22N4O4S2/c1-17(2,3)25-16(23)18-8-10-6-7-11(24-10)13(22)21-12-14(26-4)19-9-20-15(12)27-5/h6-7,9H,8H2,1-5H3,(H,18,23)(H,21,22). The predicted molar refractivity (Wildman–Crippen MR) is 105 cm³/mol. The second-order valence-electron chi connectivity index (χ2n) is 6.34. The third kappa shape index (κ3) is 6.17. The van der Waals surface area contributed by atoms with Gasteiger partial charge in [0.2, 0.25) is 0 Å². The molecule has 0 aliphatic carbocycles. The molecule has 0 fully saturated rings. The summed E-state index contributed by atoms with van der Waals surface area (Å²) in [6.07, 6.45) is 4.64. The number of ether oxygens (including phenoxy) is 1. The van der Waals surface area contributed by atoms with Crippen molar-refractivity contribution in [2.75, 3.05) is 17.8 Å². The van der Waals surface area contributed by atoms with E-state index in [-0.39, 0.29) is 12.3 Å². The topological polar surface area (TPSA) is 106 Å². The molecule has 0 unspecified atom stereocenters. The molecular weight excluding hydrogens is 388 g/mol. The summed E-state index contributed by atoms with van der Waals surface area (Å²) in [6, 6.07) is 3.17. The van der Waals surface area contributed by atoms with E-state index in [4.69, 9.17) is 9.15 Å². The number of hydrogen-bond acceptors (Lipinski definition) is 8. The lowest BCUT2D eigenvalue weighted by Gasteiger charge is -2.19. The molecule has 2 rings (SSSR count). The van der Waals surface area contributed by atoms with Crippen LogP contribution < -0.4 is 10.6 Å². The third-order valence-corrected chi connectivity index (χ3v) is 4.49. The smallest absolute Gasteiger partial charge is 0.408 e. The molecule has 2 amide bonds. The number of aromatic nitrogens is 2. The minimum absolute atomic E-state index is 0.114. The zero-order valence-electron chi connectivity index (χ0n) is 15.8. The van der Waals surface area contributed by atoms with Crippen molar-refractivity contribution in [2.45, 2.75) is 43.0 Å². The van der Waals surface area contributed by atoms with Crippen molar-refractivity contribution in [3.8, 4) is 0 Å². The number of furan rings is 1. The highest BCUT2D eigenvalue weighted by Gasteiger charge is 2.19. The Bertz CT molecular complexity index is 795. The lowest BCUT2D eigenvalue weighted by Crippen LogP contribution is -2.32. The molecule has 0 aromatic carbocycles. The number of carbonyl (C=O) groups is 2. The van der Waals surface area contributed by atoms with Gasteiger partial charge >= 0.3 is 6.09 Å². The highest BCUT2D eigenvalue weighted by atomic mass is 32.2. The van der Waals surface area contributed by atoms with Crippen molar-refractivity contribution in [3.63, 3.8) is 0 Å². The average molecular weight is 411 g/mol. The highest BCUT2D eigenvalue weighted by molar-refractivity contribution is 7.99. The Labute approximate surface area is 166 Å². The summed E-state index contributed by atoms with van der Waals surface area (Å²) in [5.41, 5.74) is -0.0348. The molecule has 0 aliphatic rings. The van der Waals surface area contributed by atoms with Crippen molar-refractivity contribution in [1.29, 1.82) is 0 Å². The van der Waals surface area contributed by atoms with Crippen LogP contribution >= 0.6 is 23.5 Å². The molecule has 0 saturated heterocycles. The predicted octanol–water partition coefficient (Wildman–Crippen LogP) is 3.79. The van der Waals surface area contributed by atoms with Gasteiger partial charge in [0.1, 0.15) is 33.4 Å². The van der Waals surface area contributed by atoms with E-state index in [1.165, 1.54) is 29.9 Å². The Balaban J connectivity index is 2.02. The Hall–Kier alpha value is -2.20. The maximum Gasteiger partial charge on any atom is 0.408 e. The molecule has 10 heteroatoms. The highest BCUT2D eigenvalue weighted by Crippen LogP contribution is 2.31. The van der Waals surface area contributed by atoms with Gasteiger partial charge in [-0.05, 0) is 45.4 Å². The maximum absolute atomic E-state index is 12.5. The summed E-state index contributed by atoms with van der Waals surface area (Å²) in [5, 5.41) is 6.71. The van der Waals surface area contributed by atoms with Crippen LogP contribution in [0, 0.1) is 0 Å². The summed E-state index contributed by atoms with van der Waals surface area (Å²) in [4.78, 5) is 32.5. The van der Waals surface area contributed by atoms with Crippen LogP contribution in [0.4, 0.5) is 10.5 Å². The van der Waals surface area contributed by atoms with Crippen LogP contribution in [0.25, 0.3) is 0 Å². The molecule has 146 valence electrons. The monoisotopic (exact) mass is 410 g/mol. The minimum Gasteiger partial charge on any atom is -0.454 e. The molecular formula is C17H22N4O4S2. The molecule has 0 bridgehead atoms. The van der Waals surface area contributed by atoms with E-state index in [2.05, 4.69) is 20.6 Å². The molecule has 2 aromatic heterocycles. The van der Waals surface area contributed by atoms with Crippen LogP contribution in [0.15, 0.2) is 32.9 Å². The molecule has 0 saturated carbocycles. The lowest BCUT2D eigenvalue weighted by atomic mass is 10.2. The fourth-order valence-corrected chi connectivity index (χ4v) is 3.09. The normalized spacial score (nSPS) is 11.1. The van der Waals surface area contributed by atoms with E-state index < -0.39 is 17.6 Å². The van der Waals surface area contributed by atoms with E-state index in [0.717, 1.165) is 0 Å². The summed E-state index contributed by atoms with van der Waals surface area (Å²) < 4.78 is 10.7. The molecule has 0 radical (unpaired) electrons. The summed E-state index contributed by atoms with van der Waals surface area (Å²) in [6.45, 7) is 5.45. The van der Waals surface area contributed by atoms with Gasteiger partial charge in [-0.15, -0.1) is 23.5 Å². The first-order valence-corrected chi connectivity index (χ1v) is 10.5. The van der Waals surface area contributed by atoms with E-state index in [1.54, 1.807) is 32.9 Å². The fourth-order valence-electron chi connectivity index (χ4n) is 2.01. The third-order valence-electron chi connectivity index (χ3n) is 3.09. The molecule has 0 aliphatic heterocycles. The Kier molecular flexibility index (Phi) is 7.14. The van der Waals surface area contributed by atoms with E-state index in [0.29, 0.717) is 21.5 Å². The van der Waals surface area contributed by atoms with Crippen LogP contribution in [-0.4, -0.2) is 40.1 Å². The van der Waals surface area contributed by atoms with Crippen molar-refractivity contribution in [2.24, 2.45) is 0 Å². The summed E-state index contributed by atoms with van der Waals surface area (Å²) >= 11 is 2.82. The number of thioether (sulfide) groups is 2. The minimum atomic E-state index is -0.583. The van der Waals surface area contributed by atoms with E-state index in [1.807, 2.05) is 12.5 Å². The number of alkyl carbamates (subject to hydrolysis) is 1. The van der Waals surface area contributed by atoms with E-state index in [9.17, 15) is 9.59 Å². The van der Waals surface area contributed by atoms with Gasteiger partial charge < -0.3 is 19.8 Å². The fraction of sp³-hybridized carbons (Fsp3) is 0.412. The van der Waals surface area contributed by atoms with E-state index >= 15 is 0 Å². The number of nitrogens with one attached hydrogen (secondary N) is 2. The van der Waals surface area contributed by atoms with Crippen molar-refractivity contribution in [1.82, 2.24) is 15.3 Å². The maximum atomic E-state index is 12.5. The van der Waals surface area contributed by atoms with Crippen LogP contribution in [0.3, 0.4) is 0 Å². The molecule has 0 spiro atoms. The first-order chi connectivity index (χ1) is 12.7. The van der Waals surface area contributed by atoms with Crippen LogP contribution in [0.1, 0.15) is 37.1 Å². The van der Waals surface area contributed by atoms with Gasteiger partial charge in [-0.2, -0.15) is 0 Å².